The van der Waals surface area contributed by atoms with E-state index in [1.807, 2.05) is 79.7 Å². The lowest BCUT2D eigenvalue weighted by molar-refractivity contribution is 0.217. The zero-order valence-corrected chi connectivity index (χ0v) is 17.2. The maximum absolute atomic E-state index is 6.29. The van der Waals surface area contributed by atoms with Crippen LogP contribution in [0.2, 0.25) is 10.0 Å². The van der Waals surface area contributed by atoms with Gasteiger partial charge in [-0.2, -0.15) is 0 Å². The van der Waals surface area contributed by atoms with Gasteiger partial charge in [0.25, 0.3) is 0 Å². The van der Waals surface area contributed by atoms with E-state index in [1.165, 1.54) is 0 Å². The number of halogens is 2. The lowest BCUT2D eigenvalue weighted by Gasteiger charge is -2.16. The van der Waals surface area contributed by atoms with Gasteiger partial charge in [0.2, 0.25) is 5.88 Å². The van der Waals surface area contributed by atoms with E-state index in [4.69, 9.17) is 37.9 Å². The van der Waals surface area contributed by atoms with E-state index in [0.29, 0.717) is 21.6 Å². The molecule has 29 heavy (non-hydrogen) atoms. The number of rotatable bonds is 5. The summed E-state index contributed by atoms with van der Waals surface area (Å²) in [5.41, 5.74) is 4.13. The van der Waals surface area contributed by atoms with Crippen molar-refractivity contribution in [3.63, 3.8) is 0 Å². The molecule has 3 aromatic carbocycles. The normalized spacial score (nSPS) is 12.4. The second-order valence-electron chi connectivity index (χ2n) is 6.57. The fraction of sp³-hybridized carbons (Fsp3) is 0.0833. The van der Waals surface area contributed by atoms with Gasteiger partial charge >= 0.3 is 0 Å². The zero-order valence-electron chi connectivity index (χ0n) is 15.7. The topological polar surface area (TPSA) is 35.0 Å². The lowest BCUT2D eigenvalue weighted by Crippen LogP contribution is -2.06. The average molecular weight is 421 g/mol. The third-order valence-corrected chi connectivity index (χ3v) is 5.07. The molecule has 4 rings (SSSR count). The Morgan fingerprint density at radius 1 is 0.828 bits per heavy atom. The van der Waals surface area contributed by atoms with Crippen LogP contribution in [0.15, 0.2) is 72.8 Å². The van der Waals surface area contributed by atoms with Crippen LogP contribution in [0.1, 0.15) is 29.8 Å². The van der Waals surface area contributed by atoms with Crippen LogP contribution in [0.5, 0.6) is 5.88 Å². The van der Waals surface area contributed by atoms with Gasteiger partial charge in [-0.15, -0.1) is 0 Å². The van der Waals surface area contributed by atoms with Crippen LogP contribution < -0.4 is 4.74 Å². The molecule has 5 heteroatoms. The van der Waals surface area contributed by atoms with Gasteiger partial charge < -0.3 is 4.74 Å². The summed E-state index contributed by atoms with van der Waals surface area (Å²) in [6, 6.07) is 23.1. The molecule has 0 fully saturated rings. The van der Waals surface area contributed by atoms with Gasteiger partial charge in [-0.05, 0) is 48.4 Å². The monoisotopic (exact) mass is 420 g/mol. The predicted octanol–water partition coefficient (Wildman–Crippen LogP) is 7.25. The van der Waals surface area contributed by atoms with Crippen LogP contribution in [0.3, 0.4) is 0 Å². The van der Waals surface area contributed by atoms with E-state index in [9.17, 15) is 0 Å². The zero-order chi connectivity index (χ0) is 20.2. The van der Waals surface area contributed by atoms with Crippen LogP contribution in [0, 0.1) is 0 Å². The van der Waals surface area contributed by atoms with Gasteiger partial charge in [0.15, 0.2) is 0 Å². The highest BCUT2D eigenvalue weighted by Crippen LogP contribution is 2.28. The number of para-hydroxylation sites is 2. The molecular formula is C24H18Cl2N2O. The van der Waals surface area contributed by atoms with Gasteiger partial charge in [0, 0.05) is 10.0 Å². The Hall–Kier alpha value is -2.88. The summed E-state index contributed by atoms with van der Waals surface area (Å²) in [6.45, 7) is 2.00. The fourth-order valence-corrected chi connectivity index (χ4v) is 3.43. The van der Waals surface area contributed by atoms with E-state index < -0.39 is 0 Å². The summed E-state index contributed by atoms with van der Waals surface area (Å²) in [7, 11) is 0. The largest absolute Gasteiger partial charge is 0.468 e. The number of aromatic nitrogens is 2. The van der Waals surface area contributed by atoms with Crippen LogP contribution >= 0.6 is 23.2 Å². The third kappa shape index (κ3) is 4.58. The molecule has 0 bridgehead atoms. The predicted molar refractivity (Wildman–Crippen MR) is 120 cm³/mol. The molecule has 1 atom stereocenters. The van der Waals surface area contributed by atoms with Crippen LogP contribution in [-0.2, 0) is 0 Å². The van der Waals surface area contributed by atoms with E-state index in [2.05, 4.69) is 0 Å². The van der Waals surface area contributed by atoms with E-state index in [0.717, 1.165) is 22.2 Å². The average Bonchev–Trinajstić information content (AvgIpc) is 2.73. The first-order valence-electron chi connectivity index (χ1n) is 9.21. The molecule has 0 saturated heterocycles. The minimum atomic E-state index is -0.169. The molecule has 0 aliphatic rings. The van der Waals surface area contributed by atoms with Crippen molar-refractivity contribution in [2.75, 3.05) is 0 Å². The number of hydrogen-bond acceptors (Lipinski definition) is 3. The molecule has 0 spiro atoms. The Balaban J connectivity index is 1.73. The fourth-order valence-electron chi connectivity index (χ4n) is 2.96. The van der Waals surface area contributed by atoms with Crippen molar-refractivity contribution in [2.24, 2.45) is 0 Å². The van der Waals surface area contributed by atoms with Gasteiger partial charge in [-0.1, -0.05) is 77.8 Å². The molecule has 0 aliphatic heterocycles. The van der Waals surface area contributed by atoms with Crippen molar-refractivity contribution < 1.29 is 4.74 Å². The summed E-state index contributed by atoms with van der Waals surface area (Å²) in [4.78, 5) is 9.44. The summed E-state index contributed by atoms with van der Waals surface area (Å²) < 4.78 is 6.20. The molecular weight excluding hydrogens is 403 g/mol. The van der Waals surface area contributed by atoms with Crippen molar-refractivity contribution in [3.05, 3.63) is 99.7 Å². The Morgan fingerprint density at radius 2 is 1.52 bits per heavy atom. The molecule has 4 aromatic rings. The van der Waals surface area contributed by atoms with Crippen LogP contribution in [0.25, 0.3) is 23.2 Å². The Morgan fingerprint density at radius 3 is 2.24 bits per heavy atom. The highest BCUT2D eigenvalue weighted by molar-refractivity contribution is 6.35. The summed E-state index contributed by atoms with van der Waals surface area (Å²) >= 11 is 12.3. The van der Waals surface area contributed by atoms with Gasteiger partial charge in [-0.3, -0.25) is 0 Å². The van der Waals surface area contributed by atoms with Crippen molar-refractivity contribution in [1.29, 1.82) is 0 Å². The van der Waals surface area contributed by atoms with Gasteiger partial charge in [-0.25, -0.2) is 9.97 Å². The maximum Gasteiger partial charge on any atom is 0.241 e. The molecule has 0 aliphatic carbocycles. The van der Waals surface area contributed by atoms with E-state index in [1.54, 1.807) is 12.1 Å². The first-order valence-corrected chi connectivity index (χ1v) is 9.97. The standard InChI is InChI=1S/C24H18Cl2N2O/c1-16(17-7-3-2-4-8-17)29-24-23(27-21-9-5-6-10-22(21)28-24)14-12-18-11-13-19(25)15-20(18)26/h2-16H,1H3/b14-12+/t16-/m1/s1. The molecule has 144 valence electrons. The summed E-state index contributed by atoms with van der Waals surface area (Å²) in [5.74, 6) is 0.474. The lowest BCUT2D eigenvalue weighted by atomic mass is 10.1. The maximum atomic E-state index is 6.29. The number of ether oxygens (including phenoxy) is 1. The molecule has 0 radical (unpaired) electrons. The number of nitrogens with zero attached hydrogens (tertiary/aromatic N) is 2. The van der Waals surface area contributed by atoms with Crippen LogP contribution in [-0.4, -0.2) is 9.97 Å². The van der Waals surface area contributed by atoms with E-state index >= 15 is 0 Å². The van der Waals surface area contributed by atoms with Crippen molar-refractivity contribution >= 4 is 46.4 Å². The second-order valence-corrected chi connectivity index (χ2v) is 7.42. The minimum absolute atomic E-state index is 0.169. The smallest absolute Gasteiger partial charge is 0.241 e. The number of hydrogen-bond donors (Lipinski definition) is 0. The highest BCUT2D eigenvalue weighted by Gasteiger charge is 2.13. The molecule has 1 heterocycles. The van der Waals surface area contributed by atoms with Gasteiger partial charge in [0.1, 0.15) is 11.8 Å². The minimum Gasteiger partial charge on any atom is -0.468 e. The summed E-state index contributed by atoms with van der Waals surface area (Å²) in [6.07, 6.45) is 3.58. The Bertz CT molecular complexity index is 1180. The molecule has 0 saturated carbocycles. The van der Waals surface area contributed by atoms with Crippen LogP contribution in [0.4, 0.5) is 0 Å². The quantitative estimate of drug-likeness (QED) is 0.341. The third-order valence-electron chi connectivity index (χ3n) is 4.50. The highest BCUT2D eigenvalue weighted by atomic mass is 35.5. The number of fused-ring (bicyclic) bond motifs is 1. The summed E-state index contributed by atoms with van der Waals surface area (Å²) in [5, 5.41) is 1.17. The first-order chi connectivity index (χ1) is 14.1. The van der Waals surface area contributed by atoms with Gasteiger partial charge in [0.05, 0.1) is 11.0 Å². The first kappa shape index (κ1) is 19.4. The van der Waals surface area contributed by atoms with Crippen molar-refractivity contribution in [2.45, 2.75) is 13.0 Å². The van der Waals surface area contributed by atoms with E-state index in [-0.39, 0.29) is 6.10 Å². The van der Waals surface area contributed by atoms with Crippen molar-refractivity contribution in [1.82, 2.24) is 9.97 Å². The number of benzene rings is 3. The SMILES string of the molecule is C[C@@H](Oc1nc2ccccc2nc1/C=C/c1ccc(Cl)cc1Cl)c1ccccc1. The Kier molecular flexibility index (Phi) is 5.79. The van der Waals surface area contributed by atoms with Crippen molar-refractivity contribution in [3.8, 4) is 5.88 Å². The molecule has 0 unspecified atom stereocenters. The molecule has 0 N–H and O–H groups in total. The molecule has 3 nitrogen and oxygen atoms in total. The molecule has 0 amide bonds. The molecule has 1 aromatic heterocycles. The Labute approximate surface area is 179 Å². The second kappa shape index (κ2) is 8.64.